The van der Waals surface area contributed by atoms with Gasteiger partial charge >= 0.3 is 6.01 Å². The van der Waals surface area contributed by atoms with E-state index in [0.717, 1.165) is 11.8 Å². The summed E-state index contributed by atoms with van der Waals surface area (Å²) in [5, 5.41) is 24.2. The van der Waals surface area contributed by atoms with Crippen molar-refractivity contribution in [2.24, 2.45) is 0 Å². The van der Waals surface area contributed by atoms with Gasteiger partial charge in [-0.1, -0.05) is 16.9 Å². The fraction of sp³-hybridized carbons (Fsp3) is 0. The van der Waals surface area contributed by atoms with E-state index in [0.29, 0.717) is 0 Å². The molecule has 0 bridgehead atoms. The van der Waals surface area contributed by atoms with Gasteiger partial charge in [-0.05, 0) is 0 Å². The second kappa shape index (κ2) is 2.70. The fourth-order valence-corrected chi connectivity index (χ4v) is 0.666. The molecule has 1 rings (SSSR count). The first-order valence-electron chi connectivity index (χ1n) is 2.28. The molecule has 0 spiro atoms. The van der Waals surface area contributed by atoms with Gasteiger partial charge in [-0.3, -0.25) is 0 Å². The van der Waals surface area contributed by atoms with Crippen LogP contribution in [0.15, 0.2) is 5.03 Å². The molecule has 0 atom stereocenters. The molecule has 1 radical (unpaired) electrons. The number of thioether (sulfide) groups is 1. The lowest BCUT2D eigenvalue weighted by Crippen LogP contribution is -1.88. The molecular weight excluding hydrogens is 154 g/mol. The van der Waals surface area contributed by atoms with Crippen LogP contribution >= 0.6 is 11.8 Å². The highest BCUT2D eigenvalue weighted by Gasteiger charge is 2.03. The van der Waals surface area contributed by atoms with E-state index in [-0.39, 0.29) is 10.9 Å². The first-order valence-corrected chi connectivity index (χ1v) is 3.27. The summed E-state index contributed by atoms with van der Waals surface area (Å²) in [6.45, 7) is 0. The third kappa shape index (κ3) is 1.27. The summed E-state index contributed by atoms with van der Waals surface area (Å²) in [5.41, 5.74) is 0. The van der Waals surface area contributed by atoms with Gasteiger partial charge in [-0.2, -0.15) is 4.98 Å². The van der Waals surface area contributed by atoms with Gasteiger partial charge in [0.2, 0.25) is 0 Å². The molecule has 1 heterocycles. The zero-order valence-electron chi connectivity index (χ0n) is 4.85. The third-order valence-electron chi connectivity index (χ3n) is 0.764. The molecule has 1 aromatic rings. The van der Waals surface area contributed by atoms with Crippen molar-refractivity contribution in [2.45, 2.75) is 5.03 Å². The summed E-state index contributed by atoms with van der Waals surface area (Å²) >= 11 is 0.957. The van der Waals surface area contributed by atoms with Crippen LogP contribution in [-0.4, -0.2) is 25.4 Å². The lowest BCUT2D eigenvalue weighted by Gasteiger charge is -1.94. The van der Waals surface area contributed by atoms with Gasteiger partial charge in [0.1, 0.15) is 0 Å². The summed E-state index contributed by atoms with van der Waals surface area (Å²) in [4.78, 5) is 3.22. The lowest BCUT2D eigenvalue weighted by atomic mass is 10.8. The van der Waals surface area contributed by atoms with Crippen LogP contribution in [0.2, 0.25) is 0 Å². The minimum Gasteiger partial charge on any atom is -0.491 e. The Kier molecular flexibility index (Phi) is 1.91. The molecule has 6 heteroatoms. The molecule has 0 saturated carbocycles. The number of rotatable bonds is 1. The third-order valence-corrected chi connectivity index (χ3v) is 1.30. The van der Waals surface area contributed by atoms with Crippen molar-refractivity contribution in [1.82, 2.24) is 15.2 Å². The Balaban J connectivity index is 3.07. The summed E-state index contributed by atoms with van der Waals surface area (Å²) in [7, 11) is 0. The first kappa shape index (κ1) is 7.07. The number of hydrogen-bond donors (Lipinski definition) is 2. The predicted molar refractivity (Wildman–Crippen MR) is 34.4 cm³/mol. The molecule has 0 aliphatic rings. The van der Waals surface area contributed by atoms with Gasteiger partial charge in [0.25, 0.3) is 5.88 Å². The highest BCUT2D eigenvalue weighted by Crippen LogP contribution is 2.22. The van der Waals surface area contributed by atoms with Crippen LogP contribution < -0.4 is 0 Å². The van der Waals surface area contributed by atoms with Crippen LogP contribution in [0, 0.1) is 6.26 Å². The Bertz CT molecular complexity index is 242. The van der Waals surface area contributed by atoms with Gasteiger partial charge in [-0.15, -0.1) is 5.10 Å². The zero-order valence-corrected chi connectivity index (χ0v) is 5.67. The van der Waals surface area contributed by atoms with Gasteiger partial charge in [0.05, 0.1) is 0 Å². The van der Waals surface area contributed by atoms with E-state index < -0.39 is 6.01 Å². The van der Waals surface area contributed by atoms with E-state index in [1.807, 2.05) is 0 Å². The molecule has 0 unspecified atom stereocenters. The molecule has 0 aromatic carbocycles. The average molecular weight is 158 g/mol. The van der Waals surface area contributed by atoms with Gasteiger partial charge in [-0.25, -0.2) is 0 Å². The molecule has 5 nitrogen and oxygen atoms in total. The van der Waals surface area contributed by atoms with Crippen LogP contribution in [0.3, 0.4) is 0 Å². The highest BCUT2D eigenvalue weighted by atomic mass is 32.2. The molecule has 0 aliphatic heterocycles. The monoisotopic (exact) mass is 158 g/mol. The van der Waals surface area contributed by atoms with E-state index in [1.165, 1.54) is 0 Å². The molecule has 0 fully saturated rings. The van der Waals surface area contributed by atoms with Crippen LogP contribution in [0.4, 0.5) is 0 Å². The quantitative estimate of drug-likeness (QED) is 0.567. The summed E-state index contributed by atoms with van der Waals surface area (Å²) in [6.07, 6.45) is 3.38. The lowest BCUT2D eigenvalue weighted by molar-refractivity contribution is 0.374. The zero-order chi connectivity index (χ0) is 7.56. The van der Waals surface area contributed by atoms with Crippen molar-refractivity contribution in [2.75, 3.05) is 0 Å². The standard InChI is InChI=1S/C4H4N3O2S/c1-10-3-2(8)5-4(9)7-6-3/h1H2,(H2,5,7,8,9). The molecule has 0 amide bonds. The van der Waals surface area contributed by atoms with Crippen LogP contribution in [0.5, 0.6) is 11.9 Å². The molecular formula is C4H4N3O2S. The summed E-state index contributed by atoms with van der Waals surface area (Å²) < 4.78 is 0. The van der Waals surface area contributed by atoms with Crippen LogP contribution in [0.25, 0.3) is 0 Å². The minimum atomic E-state index is -0.546. The van der Waals surface area contributed by atoms with Crippen LogP contribution in [0.1, 0.15) is 0 Å². The van der Waals surface area contributed by atoms with Crippen molar-refractivity contribution in [3.8, 4) is 11.9 Å². The van der Waals surface area contributed by atoms with Crippen molar-refractivity contribution in [1.29, 1.82) is 0 Å². The average Bonchev–Trinajstić information content (AvgIpc) is 1.88. The van der Waals surface area contributed by atoms with E-state index >= 15 is 0 Å². The Morgan fingerprint density at radius 2 is 2.00 bits per heavy atom. The van der Waals surface area contributed by atoms with E-state index in [9.17, 15) is 0 Å². The number of aromatic hydroxyl groups is 2. The smallest absolute Gasteiger partial charge is 0.336 e. The number of nitrogens with zero attached hydrogens (tertiary/aromatic N) is 3. The molecule has 2 N–H and O–H groups in total. The summed E-state index contributed by atoms with van der Waals surface area (Å²) in [5.74, 6) is -0.354. The highest BCUT2D eigenvalue weighted by molar-refractivity contribution is 8.00. The van der Waals surface area contributed by atoms with Crippen molar-refractivity contribution in [3.63, 3.8) is 0 Å². The molecule has 1 aromatic heterocycles. The van der Waals surface area contributed by atoms with Crippen molar-refractivity contribution >= 4 is 11.8 Å². The Hall–Kier alpha value is -1.04. The van der Waals surface area contributed by atoms with Crippen LogP contribution in [-0.2, 0) is 0 Å². The second-order valence-electron chi connectivity index (χ2n) is 1.38. The number of aromatic nitrogens is 3. The number of hydrogen-bond acceptors (Lipinski definition) is 6. The van der Waals surface area contributed by atoms with Crippen molar-refractivity contribution < 1.29 is 10.2 Å². The van der Waals surface area contributed by atoms with Crippen molar-refractivity contribution in [3.05, 3.63) is 6.26 Å². The first-order chi connectivity index (χ1) is 4.74. The Labute approximate surface area is 61.1 Å². The van der Waals surface area contributed by atoms with Gasteiger partial charge < -0.3 is 10.2 Å². The Morgan fingerprint density at radius 3 is 2.50 bits per heavy atom. The summed E-state index contributed by atoms with van der Waals surface area (Å²) in [6, 6.07) is -0.546. The normalized spacial score (nSPS) is 9.70. The van der Waals surface area contributed by atoms with E-state index in [4.69, 9.17) is 10.2 Å². The maximum absolute atomic E-state index is 8.86. The molecule has 53 valence electrons. The molecule has 0 aliphatic carbocycles. The molecule has 0 saturated heterocycles. The van der Waals surface area contributed by atoms with E-state index in [1.54, 1.807) is 0 Å². The second-order valence-corrected chi connectivity index (χ2v) is 2.06. The minimum absolute atomic E-state index is 0.192. The fourth-order valence-electron chi connectivity index (χ4n) is 0.393. The van der Waals surface area contributed by atoms with Gasteiger partial charge in [0, 0.05) is 6.26 Å². The largest absolute Gasteiger partial charge is 0.491 e. The molecule has 10 heavy (non-hydrogen) atoms. The Morgan fingerprint density at radius 1 is 1.30 bits per heavy atom. The SMILES string of the molecule is [CH2]Sc1nnc(O)nc1O. The maximum Gasteiger partial charge on any atom is 0.336 e. The maximum atomic E-state index is 8.86. The topological polar surface area (TPSA) is 79.1 Å². The van der Waals surface area contributed by atoms with Gasteiger partial charge in [0.15, 0.2) is 5.03 Å². The predicted octanol–water partition coefficient (Wildman–Crippen LogP) is 0.166. The van der Waals surface area contributed by atoms with E-state index in [2.05, 4.69) is 21.4 Å².